The first-order chi connectivity index (χ1) is 8.60. The SMILES string of the molecule is CCn1cc(N)c(C(=O)NN2CCN(C)CC2)n1. The third-order valence-electron chi connectivity index (χ3n) is 3.09. The first-order valence-electron chi connectivity index (χ1n) is 6.17. The number of carbonyl (C=O) groups excluding carboxylic acids is 1. The molecule has 18 heavy (non-hydrogen) atoms. The van der Waals surface area contributed by atoms with Crippen LogP contribution >= 0.6 is 0 Å². The number of hydrogen-bond acceptors (Lipinski definition) is 5. The fraction of sp³-hybridized carbons (Fsp3) is 0.636. The number of nitrogens with two attached hydrogens (primary N) is 1. The van der Waals surface area contributed by atoms with Gasteiger partial charge < -0.3 is 10.6 Å². The molecule has 3 N–H and O–H groups in total. The summed E-state index contributed by atoms with van der Waals surface area (Å²) in [4.78, 5) is 14.2. The molecular weight excluding hydrogens is 232 g/mol. The topological polar surface area (TPSA) is 79.4 Å². The number of carbonyl (C=O) groups is 1. The number of nitrogen functional groups attached to an aromatic ring is 1. The Morgan fingerprint density at radius 1 is 1.44 bits per heavy atom. The van der Waals surface area contributed by atoms with Gasteiger partial charge in [-0.3, -0.25) is 14.9 Å². The molecule has 0 bridgehead atoms. The van der Waals surface area contributed by atoms with E-state index in [0.29, 0.717) is 17.9 Å². The number of hydrazine groups is 1. The summed E-state index contributed by atoms with van der Waals surface area (Å²) in [7, 11) is 2.07. The minimum absolute atomic E-state index is 0.232. The fourth-order valence-electron chi connectivity index (χ4n) is 1.89. The van der Waals surface area contributed by atoms with Gasteiger partial charge in [-0.25, -0.2) is 5.01 Å². The van der Waals surface area contributed by atoms with Gasteiger partial charge in [0.2, 0.25) is 0 Å². The Bertz CT molecular complexity index is 421. The van der Waals surface area contributed by atoms with E-state index in [4.69, 9.17) is 5.73 Å². The van der Waals surface area contributed by atoms with Gasteiger partial charge in [-0.05, 0) is 14.0 Å². The van der Waals surface area contributed by atoms with Crippen molar-refractivity contribution in [3.05, 3.63) is 11.9 Å². The number of anilines is 1. The van der Waals surface area contributed by atoms with Crippen molar-refractivity contribution in [3.63, 3.8) is 0 Å². The van der Waals surface area contributed by atoms with E-state index < -0.39 is 0 Å². The van der Waals surface area contributed by atoms with Crippen molar-refractivity contribution in [1.82, 2.24) is 25.1 Å². The van der Waals surface area contributed by atoms with Crippen molar-refractivity contribution in [2.45, 2.75) is 13.5 Å². The van der Waals surface area contributed by atoms with E-state index >= 15 is 0 Å². The number of hydrogen-bond donors (Lipinski definition) is 2. The van der Waals surface area contributed by atoms with Crippen molar-refractivity contribution < 1.29 is 4.79 Å². The molecule has 0 atom stereocenters. The van der Waals surface area contributed by atoms with Crippen LogP contribution in [0.5, 0.6) is 0 Å². The van der Waals surface area contributed by atoms with Crippen LogP contribution < -0.4 is 11.2 Å². The second kappa shape index (κ2) is 5.36. The van der Waals surface area contributed by atoms with Crippen molar-refractivity contribution >= 4 is 11.6 Å². The number of nitrogens with one attached hydrogen (secondary N) is 1. The van der Waals surface area contributed by atoms with Gasteiger partial charge in [0.25, 0.3) is 5.91 Å². The number of aromatic nitrogens is 2. The Hall–Kier alpha value is -1.60. The lowest BCUT2D eigenvalue weighted by atomic mass is 10.3. The summed E-state index contributed by atoms with van der Waals surface area (Å²) in [6.07, 6.45) is 1.68. The second-order valence-corrected chi connectivity index (χ2v) is 4.52. The summed E-state index contributed by atoms with van der Waals surface area (Å²) >= 11 is 0. The van der Waals surface area contributed by atoms with Crippen molar-refractivity contribution in [3.8, 4) is 0 Å². The lowest BCUT2D eigenvalue weighted by molar-refractivity contribution is 0.0658. The molecule has 100 valence electrons. The zero-order valence-electron chi connectivity index (χ0n) is 10.9. The van der Waals surface area contributed by atoms with Crippen LogP contribution in [-0.4, -0.2) is 58.8 Å². The number of amides is 1. The van der Waals surface area contributed by atoms with E-state index in [1.807, 2.05) is 11.9 Å². The van der Waals surface area contributed by atoms with Crippen LogP contribution in [0.25, 0.3) is 0 Å². The molecule has 1 aliphatic rings. The number of piperazine rings is 1. The predicted octanol–water partition coefficient (Wildman–Crippen LogP) is -0.623. The highest BCUT2D eigenvalue weighted by Crippen LogP contribution is 2.09. The summed E-state index contributed by atoms with van der Waals surface area (Å²) in [5.41, 5.74) is 9.34. The van der Waals surface area contributed by atoms with Gasteiger partial charge in [0.1, 0.15) is 0 Å². The average Bonchev–Trinajstić information content (AvgIpc) is 2.73. The molecule has 1 fully saturated rings. The molecule has 1 aromatic rings. The second-order valence-electron chi connectivity index (χ2n) is 4.52. The van der Waals surface area contributed by atoms with Crippen LogP contribution in [0.2, 0.25) is 0 Å². The van der Waals surface area contributed by atoms with Gasteiger partial charge >= 0.3 is 0 Å². The van der Waals surface area contributed by atoms with Gasteiger partial charge in [-0.15, -0.1) is 0 Å². The maximum Gasteiger partial charge on any atom is 0.288 e. The number of aryl methyl sites for hydroxylation is 1. The monoisotopic (exact) mass is 252 g/mol. The highest BCUT2D eigenvalue weighted by molar-refractivity contribution is 5.96. The molecule has 0 radical (unpaired) electrons. The van der Waals surface area contributed by atoms with Crippen molar-refractivity contribution in [2.24, 2.45) is 0 Å². The summed E-state index contributed by atoms with van der Waals surface area (Å²) in [6.45, 7) is 6.17. The third-order valence-corrected chi connectivity index (χ3v) is 3.09. The molecule has 0 aliphatic carbocycles. The molecule has 7 nitrogen and oxygen atoms in total. The molecule has 1 aromatic heterocycles. The summed E-state index contributed by atoms with van der Waals surface area (Å²) in [5.74, 6) is -0.232. The van der Waals surface area contributed by atoms with Gasteiger partial charge in [-0.2, -0.15) is 5.10 Å². The Kier molecular flexibility index (Phi) is 3.83. The molecule has 0 spiro atoms. The quantitative estimate of drug-likeness (QED) is 0.749. The smallest absolute Gasteiger partial charge is 0.288 e. The lowest BCUT2D eigenvalue weighted by Gasteiger charge is -2.32. The van der Waals surface area contributed by atoms with E-state index in [1.165, 1.54) is 0 Å². The van der Waals surface area contributed by atoms with Gasteiger partial charge in [0, 0.05) is 38.9 Å². The lowest BCUT2D eigenvalue weighted by Crippen LogP contribution is -2.52. The minimum atomic E-state index is -0.232. The Balaban J connectivity index is 1.96. The Morgan fingerprint density at radius 2 is 2.11 bits per heavy atom. The number of rotatable bonds is 3. The van der Waals surface area contributed by atoms with Gasteiger partial charge in [0.05, 0.1) is 5.69 Å². The molecule has 1 amide bonds. The van der Waals surface area contributed by atoms with Gasteiger partial charge in [-0.1, -0.05) is 0 Å². The first kappa shape index (κ1) is 12.8. The van der Waals surface area contributed by atoms with E-state index in [0.717, 1.165) is 26.2 Å². The normalized spacial score (nSPS) is 17.9. The largest absolute Gasteiger partial charge is 0.396 e. The summed E-state index contributed by atoms with van der Waals surface area (Å²) in [5, 5.41) is 6.06. The molecule has 2 heterocycles. The maximum absolute atomic E-state index is 12.0. The first-order valence-corrected chi connectivity index (χ1v) is 6.17. The standard InChI is InChI=1S/C11H20N6O/c1-3-16-8-9(12)10(13-16)11(18)14-17-6-4-15(2)5-7-17/h8H,3-7,12H2,1-2H3,(H,14,18). The molecule has 7 heteroatoms. The van der Waals surface area contributed by atoms with Crippen LogP contribution in [0.15, 0.2) is 6.20 Å². The number of nitrogens with zero attached hydrogens (tertiary/aromatic N) is 4. The van der Waals surface area contributed by atoms with E-state index in [-0.39, 0.29) is 5.91 Å². The van der Waals surface area contributed by atoms with Crippen LogP contribution in [0.1, 0.15) is 17.4 Å². The summed E-state index contributed by atoms with van der Waals surface area (Å²) in [6, 6.07) is 0. The third kappa shape index (κ3) is 2.80. The zero-order valence-corrected chi connectivity index (χ0v) is 10.9. The summed E-state index contributed by atoms with van der Waals surface area (Å²) < 4.78 is 1.66. The zero-order chi connectivity index (χ0) is 13.1. The Morgan fingerprint density at radius 3 is 2.67 bits per heavy atom. The minimum Gasteiger partial charge on any atom is -0.396 e. The van der Waals surface area contributed by atoms with E-state index in [9.17, 15) is 4.79 Å². The van der Waals surface area contributed by atoms with Crippen LogP contribution in [-0.2, 0) is 6.54 Å². The molecule has 1 saturated heterocycles. The van der Waals surface area contributed by atoms with Gasteiger partial charge in [0.15, 0.2) is 5.69 Å². The highest BCUT2D eigenvalue weighted by Gasteiger charge is 2.19. The van der Waals surface area contributed by atoms with E-state index in [1.54, 1.807) is 10.9 Å². The Labute approximate surface area is 106 Å². The molecule has 0 saturated carbocycles. The molecule has 2 rings (SSSR count). The predicted molar refractivity (Wildman–Crippen MR) is 68.8 cm³/mol. The fourth-order valence-corrected chi connectivity index (χ4v) is 1.89. The average molecular weight is 252 g/mol. The van der Waals surface area contributed by atoms with E-state index in [2.05, 4.69) is 22.5 Å². The molecular formula is C11H20N6O. The molecule has 0 aromatic carbocycles. The van der Waals surface area contributed by atoms with Crippen LogP contribution in [0, 0.1) is 0 Å². The highest BCUT2D eigenvalue weighted by atomic mass is 16.2. The van der Waals surface area contributed by atoms with Crippen molar-refractivity contribution in [1.29, 1.82) is 0 Å². The van der Waals surface area contributed by atoms with Crippen LogP contribution in [0.4, 0.5) is 5.69 Å². The van der Waals surface area contributed by atoms with Crippen molar-refractivity contribution in [2.75, 3.05) is 39.0 Å². The van der Waals surface area contributed by atoms with Crippen LogP contribution in [0.3, 0.4) is 0 Å². The number of likely N-dealkylation sites (N-methyl/N-ethyl adjacent to an activating group) is 1. The molecule has 1 aliphatic heterocycles. The maximum atomic E-state index is 12.0. The molecule has 0 unspecified atom stereocenters.